The standard InChI is InChI=1S/C33H48N4O4S/c1-7-19-35(20-8-2)29(39)26-27-30(40)37(22-12-23-38)28(33(27)18-17-32(26,6)42-33)31(41)36(21-9-3)25-15-13-24(14-16-25)34(10-4)11-5/h7,9,13-16,26-28,38H,1,3,8,10-12,17-23H2,2,4-6H3/t26-,27-,28?,32+,33?/m0/s1. The van der Waals surface area contributed by atoms with Crippen molar-refractivity contribution >= 4 is 40.9 Å². The fraction of sp³-hybridized carbons (Fsp3) is 0.606. The first kappa shape index (κ1) is 32.1. The molecule has 4 rings (SSSR count). The second-order valence-corrected chi connectivity index (χ2v) is 13.7. The van der Waals surface area contributed by atoms with Crippen molar-refractivity contribution in [1.82, 2.24) is 9.80 Å². The number of thioether (sulfide) groups is 1. The van der Waals surface area contributed by atoms with E-state index in [1.165, 1.54) is 0 Å². The smallest absolute Gasteiger partial charge is 0.251 e. The number of nitrogens with zero attached hydrogens (tertiary/aromatic N) is 4. The molecule has 42 heavy (non-hydrogen) atoms. The van der Waals surface area contributed by atoms with Crippen LogP contribution in [0.1, 0.15) is 53.4 Å². The van der Waals surface area contributed by atoms with E-state index in [0.29, 0.717) is 32.5 Å². The average molecular weight is 597 g/mol. The predicted molar refractivity (Wildman–Crippen MR) is 172 cm³/mol. The number of carbonyl (C=O) groups excluding carboxylic acids is 3. The Balaban J connectivity index is 1.75. The molecular weight excluding hydrogens is 548 g/mol. The molecule has 1 aromatic rings. The lowest BCUT2D eigenvalue weighted by molar-refractivity contribution is -0.145. The van der Waals surface area contributed by atoms with Crippen LogP contribution >= 0.6 is 11.8 Å². The highest BCUT2D eigenvalue weighted by molar-refractivity contribution is 8.02. The van der Waals surface area contributed by atoms with E-state index in [4.69, 9.17) is 0 Å². The predicted octanol–water partition coefficient (Wildman–Crippen LogP) is 4.34. The Morgan fingerprint density at radius 2 is 1.69 bits per heavy atom. The topological polar surface area (TPSA) is 84.4 Å². The van der Waals surface area contributed by atoms with Gasteiger partial charge in [-0.25, -0.2) is 0 Å². The van der Waals surface area contributed by atoms with Gasteiger partial charge in [0, 0.05) is 62.0 Å². The van der Waals surface area contributed by atoms with Gasteiger partial charge in [0.1, 0.15) is 6.04 Å². The number of carbonyl (C=O) groups is 3. The number of hydrogen-bond donors (Lipinski definition) is 1. The molecule has 3 aliphatic rings. The minimum Gasteiger partial charge on any atom is -0.396 e. The monoisotopic (exact) mass is 596 g/mol. The van der Waals surface area contributed by atoms with Crippen LogP contribution in [0.5, 0.6) is 0 Å². The third-order valence-electron chi connectivity index (χ3n) is 9.36. The van der Waals surface area contributed by atoms with Crippen LogP contribution in [0.3, 0.4) is 0 Å². The number of hydrogen-bond acceptors (Lipinski definition) is 6. The summed E-state index contributed by atoms with van der Waals surface area (Å²) in [6, 6.07) is 7.26. The third-order valence-corrected chi connectivity index (χ3v) is 11.3. The van der Waals surface area contributed by atoms with Gasteiger partial charge in [-0.15, -0.1) is 24.9 Å². The van der Waals surface area contributed by atoms with Gasteiger partial charge >= 0.3 is 0 Å². The highest BCUT2D eigenvalue weighted by atomic mass is 32.2. The number of likely N-dealkylation sites (tertiary alicyclic amines) is 1. The van der Waals surface area contributed by atoms with Gasteiger partial charge in [-0.2, -0.15) is 0 Å². The van der Waals surface area contributed by atoms with Crippen LogP contribution in [0.15, 0.2) is 49.6 Å². The Morgan fingerprint density at radius 1 is 1.05 bits per heavy atom. The zero-order valence-electron chi connectivity index (χ0n) is 25.8. The van der Waals surface area contributed by atoms with Crippen LogP contribution in [-0.4, -0.2) is 94.0 Å². The van der Waals surface area contributed by atoms with Crippen molar-refractivity contribution in [1.29, 1.82) is 0 Å². The summed E-state index contributed by atoms with van der Waals surface area (Å²) in [4.78, 5) is 50.7. The number of amides is 3. The van der Waals surface area contributed by atoms with E-state index in [9.17, 15) is 19.5 Å². The zero-order chi connectivity index (χ0) is 30.7. The van der Waals surface area contributed by atoms with E-state index in [1.807, 2.05) is 36.1 Å². The molecule has 5 atom stereocenters. The molecule has 2 bridgehead atoms. The second-order valence-electron chi connectivity index (χ2n) is 11.8. The molecule has 0 aromatic heterocycles. The van der Waals surface area contributed by atoms with Gasteiger partial charge in [0.15, 0.2) is 0 Å². The van der Waals surface area contributed by atoms with Gasteiger partial charge in [-0.05, 0) is 70.7 Å². The highest BCUT2D eigenvalue weighted by Gasteiger charge is 2.77. The molecule has 0 saturated carbocycles. The minimum absolute atomic E-state index is 0.0168. The molecular formula is C33H48N4O4S. The summed E-state index contributed by atoms with van der Waals surface area (Å²) < 4.78 is -1.13. The van der Waals surface area contributed by atoms with Gasteiger partial charge < -0.3 is 24.7 Å². The van der Waals surface area contributed by atoms with E-state index in [0.717, 1.165) is 37.3 Å². The van der Waals surface area contributed by atoms with E-state index in [1.54, 1.807) is 33.7 Å². The van der Waals surface area contributed by atoms with Crippen LogP contribution in [0.2, 0.25) is 0 Å². The largest absolute Gasteiger partial charge is 0.396 e. The van der Waals surface area contributed by atoms with Gasteiger partial charge in [0.2, 0.25) is 11.8 Å². The van der Waals surface area contributed by atoms with Crippen molar-refractivity contribution in [2.75, 3.05) is 55.7 Å². The lowest BCUT2D eigenvalue weighted by Gasteiger charge is -2.38. The highest BCUT2D eigenvalue weighted by Crippen LogP contribution is 2.71. The van der Waals surface area contributed by atoms with E-state index in [2.05, 4.69) is 38.8 Å². The van der Waals surface area contributed by atoms with Crippen molar-refractivity contribution < 1.29 is 19.5 Å². The number of benzene rings is 1. The lowest BCUT2D eigenvalue weighted by Crippen LogP contribution is -2.55. The molecule has 8 nitrogen and oxygen atoms in total. The molecule has 1 spiro atoms. The van der Waals surface area contributed by atoms with Crippen LogP contribution in [-0.2, 0) is 14.4 Å². The van der Waals surface area contributed by atoms with Gasteiger partial charge in [-0.3, -0.25) is 14.4 Å². The summed E-state index contributed by atoms with van der Waals surface area (Å²) in [5.41, 5.74) is 1.84. The fourth-order valence-electron chi connectivity index (χ4n) is 7.51. The molecule has 0 aliphatic carbocycles. The van der Waals surface area contributed by atoms with E-state index < -0.39 is 27.4 Å². The number of anilines is 2. The average Bonchev–Trinajstić information content (AvgIpc) is 3.55. The number of aliphatic hydroxyl groups excluding tert-OH is 1. The second kappa shape index (κ2) is 13.2. The fourth-order valence-corrected chi connectivity index (χ4v) is 9.85. The molecule has 3 saturated heterocycles. The molecule has 3 amide bonds. The van der Waals surface area contributed by atoms with Crippen LogP contribution in [0, 0.1) is 11.8 Å². The summed E-state index contributed by atoms with van der Waals surface area (Å²) in [7, 11) is 0. The number of rotatable bonds is 15. The van der Waals surface area contributed by atoms with Crippen molar-refractivity contribution in [2.24, 2.45) is 11.8 Å². The quantitative estimate of drug-likeness (QED) is 0.304. The first-order valence-corrected chi connectivity index (χ1v) is 16.3. The molecule has 3 heterocycles. The zero-order valence-corrected chi connectivity index (χ0v) is 26.6. The number of aliphatic hydroxyl groups is 1. The van der Waals surface area contributed by atoms with Crippen LogP contribution in [0.4, 0.5) is 11.4 Å². The molecule has 9 heteroatoms. The minimum atomic E-state index is -0.729. The SMILES string of the molecule is C=CCN(CCC)C(=O)[C@@H]1[C@H]2C(=O)N(CCCO)C(C(=O)N(CC=C)c3ccc(N(CC)CC)cc3)C23CC[C@@]1(C)S3. The number of fused-ring (bicyclic) bond motifs is 1. The third kappa shape index (κ3) is 5.39. The van der Waals surface area contributed by atoms with Crippen molar-refractivity contribution in [3.8, 4) is 0 Å². The van der Waals surface area contributed by atoms with Gasteiger partial charge in [0.25, 0.3) is 5.91 Å². The Bertz CT molecular complexity index is 1170. The Kier molecular flexibility index (Phi) is 10.1. The summed E-state index contributed by atoms with van der Waals surface area (Å²) in [5.74, 6) is -1.40. The van der Waals surface area contributed by atoms with Crippen LogP contribution in [0.25, 0.3) is 0 Å². The van der Waals surface area contributed by atoms with Gasteiger partial charge in [0.05, 0.1) is 16.6 Å². The van der Waals surface area contributed by atoms with Crippen LogP contribution < -0.4 is 9.80 Å². The van der Waals surface area contributed by atoms with Crippen molar-refractivity contribution in [2.45, 2.75) is 68.9 Å². The Hall–Kier alpha value is -2.78. The van der Waals surface area contributed by atoms with E-state index >= 15 is 0 Å². The molecule has 1 aromatic carbocycles. The molecule has 3 aliphatic heterocycles. The molecule has 0 radical (unpaired) electrons. The molecule has 2 unspecified atom stereocenters. The summed E-state index contributed by atoms with van der Waals surface area (Å²) in [6.07, 6.45) is 6.10. The first-order valence-electron chi connectivity index (χ1n) is 15.5. The molecule has 230 valence electrons. The van der Waals surface area contributed by atoms with Crippen molar-refractivity contribution in [3.63, 3.8) is 0 Å². The normalized spacial score (nSPS) is 27.6. The first-order chi connectivity index (χ1) is 20.2. The van der Waals surface area contributed by atoms with Crippen molar-refractivity contribution in [3.05, 3.63) is 49.6 Å². The molecule has 1 N–H and O–H groups in total. The van der Waals surface area contributed by atoms with Gasteiger partial charge in [-0.1, -0.05) is 19.1 Å². The summed E-state index contributed by atoms with van der Waals surface area (Å²) in [5, 5.41) is 9.70. The Labute approximate surface area is 255 Å². The Morgan fingerprint density at radius 3 is 2.26 bits per heavy atom. The maximum atomic E-state index is 14.7. The summed E-state index contributed by atoms with van der Waals surface area (Å²) in [6.45, 7) is 19.5. The molecule has 3 fully saturated rings. The van der Waals surface area contributed by atoms with E-state index in [-0.39, 0.29) is 30.9 Å². The summed E-state index contributed by atoms with van der Waals surface area (Å²) >= 11 is 1.68. The maximum absolute atomic E-state index is 14.7. The lowest BCUT2D eigenvalue weighted by atomic mass is 9.66. The maximum Gasteiger partial charge on any atom is 0.251 e.